The lowest BCUT2D eigenvalue weighted by molar-refractivity contribution is 0.857. The quantitative estimate of drug-likeness (QED) is 0.535. The van der Waals surface area contributed by atoms with E-state index >= 15 is 0 Å². The van der Waals surface area contributed by atoms with Gasteiger partial charge in [0.15, 0.2) is 0 Å². The summed E-state index contributed by atoms with van der Waals surface area (Å²) in [5.41, 5.74) is 2.34. The molecule has 0 aliphatic carbocycles. The molecule has 0 spiro atoms. The van der Waals surface area contributed by atoms with Gasteiger partial charge < -0.3 is 0 Å². The van der Waals surface area contributed by atoms with Crippen LogP contribution in [-0.2, 0) is 0 Å². The van der Waals surface area contributed by atoms with Crippen LogP contribution in [0.1, 0.15) is 50.0 Å². The monoisotopic (exact) mass is 225 g/mol. The van der Waals surface area contributed by atoms with Crippen molar-refractivity contribution >= 4 is 34.4 Å². The van der Waals surface area contributed by atoms with Gasteiger partial charge in [-0.05, 0) is 35.0 Å². The SMILES string of the molecule is CC(C)c1csc(C(C)C)c1N=C=S. The number of hydrogen-bond donors (Lipinski definition) is 0. The standard InChI is InChI=1S/C11H15NS2/c1-7(2)9-5-14-11(8(3)4)10(9)12-6-13/h5,7-8H,1-4H3. The van der Waals surface area contributed by atoms with Gasteiger partial charge in [0.05, 0.1) is 10.8 Å². The number of hydrogen-bond acceptors (Lipinski definition) is 3. The molecular formula is C11H15NS2. The van der Waals surface area contributed by atoms with Crippen LogP contribution >= 0.6 is 23.6 Å². The molecule has 0 aromatic carbocycles. The second-order valence-corrected chi connectivity index (χ2v) is 5.01. The molecule has 76 valence electrons. The molecule has 0 atom stereocenters. The third-order valence-corrected chi connectivity index (χ3v) is 3.51. The van der Waals surface area contributed by atoms with E-state index in [0.717, 1.165) is 5.69 Å². The third-order valence-electron chi connectivity index (χ3n) is 2.12. The van der Waals surface area contributed by atoms with E-state index in [-0.39, 0.29) is 0 Å². The van der Waals surface area contributed by atoms with Gasteiger partial charge in [0.25, 0.3) is 0 Å². The van der Waals surface area contributed by atoms with Gasteiger partial charge in [-0.15, -0.1) is 11.3 Å². The number of rotatable bonds is 3. The Morgan fingerprint density at radius 2 is 1.93 bits per heavy atom. The van der Waals surface area contributed by atoms with Crippen molar-refractivity contribution < 1.29 is 0 Å². The molecule has 0 amide bonds. The highest BCUT2D eigenvalue weighted by molar-refractivity contribution is 7.78. The summed E-state index contributed by atoms with van der Waals surface area (Å²) in [4.78, 5) is 5.50. The lowest BCUT2D eigenvalue weighted by atomic mass is 10.0. The highest BCUT2D eigenvalue weighted by atomic mass is 32.1. The maximum absolute atomic E-state index is 4.68. The van der Waals surface area contributed by atoms with Gasteiger partial charge in [-0.1, -0.05) is 27.7 Å². The van der Waals surface area contributed by atoms with Crippen molar-refractivity contribution in [3.63, 3.8) is 0 Å². The highest BCUT2D eigenvalue weighted by Crippen LogP contribution is 2.39. The van der Waals surface area contributed by atoms with Gasteiger partial charge in [-0.2, -0.15) is 4.99 Å². The zero-order valence-electron chi connectivity index (χ0n) is 9.00. The van der Waals surface area contributed by atoms with Crippen LogP contribution in [0.4, 0.5) is 5.69 Å². The van der Waals surface area contributed by atoms with Crippen LogP contribution in [0.2, 0.25) is 0 Å². The topological polar surface area (TPSA) is 12.4 Å². The van der Waals surface area contributed by atoms with E-state index < -0.39 is 0 Å². The first-order chi connectivity index (χ1) is 6.57. The molecule has 1 rings (SSSR count). The number of aliphatic imine (C=N–C) groups is 1. The summed E-state index contributed by atoms with van der Waals surface area (Å²) >= 11 is 6.45. The molecule has 0 aliphatic heterocycles. The predicted molar refractivity (Wildman–Crippen MR) is 67.2 cm³/mol. The summed E-state index contributed by atoms with van der Waals surface area (Å²) in [6, 6.07) is 0. The molecule has 0 saturated heterocycles. The van der Waals surface area contributed by atoms with Crippen molar-refractivity contribution in [2.45, 2.75) is 39.5 Å². The second-order valence-electron chi connectivity index (χ2n) is 3.92. The lowest BCUT2D eigenvalue weighted by Crippen LogP contribution is -1.86. The summed E-state index contributed by atoms with van der Waals surface area (Å²) in [6.45, 7) is 8.71. The van der Waals surface area contributed by atoms with E-state index in [0.29, 0.717) is 11.8 Å². The van der Waals surface area contributed by atoms with Crippen LogP contribution in [0.3, 0.4) is 0 Å². The van der Waals surface area contributed by atoms with E-state index in [1.165, 1.54) is 10.4 Å². The van der Waals surface area contributed by atoms with Crippen molar-refractivity contribution in [1.82, 2.24) is 0 Å². The molecule has 0 saturated carbocycles. The minimum Gasteiger partial charge on any atom is -0.193 e. The van der Waals surface area contributed by atoms with Crippen LogP contribution in [0.15, 0.2) is 10.4 Å². The summed E-state index contributed by atoms with van der Waals surface area (Å²) in [5.74, 6) is 1.01. The fourth-order valence-electron chi connectivity index (χ4n) is 1.37. The van der Waals surface area contributed by atoms with E-state index in [9.17, 15) is 0 Å². The smallest absolute Gasteiger partial charge is 0.0915 e. The molecule has 1 nitrogen and oxygen atoms in total. The molecule has 0 radical (unpaired) electrons. The molecule has 1 heterocycles. The summed E-state index contributed by atoms with van der Waals surface area (Å²) in [5, 5.41) is 4.66. The van der Waals surface area contributed by atoms with Crippen LogP contribution < -0.4 is 0 Å². The van der Waals surface area contributed by atoms with Gasteiger partial charge in [0.1, 0.15) is 0 Å². The Hall–Kier alpha value is -0.500. The maximum atomic E-state index is 4.68. The molecule has 0 aliphatic rings. The first-order valence-corrected chi connectivity index (χ1v) is 6.05. The maximum Gasteiger partial charge on any atom is 0.0915 e. The zero-order chi connectivity index (χ0) is 10.7. The number of isothiocyanates is 1. The molecular weight excluding hydrogens is 210 g/mol. The van der Waals surface area contributed by atoms with Gasteiger partial charge >= 0.3 is 0 Å². The molecule has 1 aromatic heterocycles. The average molecular weight is 225 g/mol. The molecule has 1 aromatic rings. The Morgan fingerprint density at radius 1 is 1.29 bits per heavy atom. The molecule has 0 fully saturated rings. The van der Waals surface area contributed by atoms with E-state index in [4.69, 9.17) is 0 Å². The molecule has 0 N–H and O–H groups in total. The van der Waals surface area contributed by atoms with Gasteiger partial charge in [-0.3, -0.25) is 0 Å². The van der Waals surface area contributed by atoms with Crippen molar-refractivity contribution in [3.05, 3.63) is 15.8 Å². The first kappa shape index (κ1) is 11.6. The summed E-state index contributed by atoms with van der Waals surface area (Å²) < 4.78 is 0. The Bertz CT molecular complexity index is 332. The number of nitrogens with zero attached hydrogens (tertiary/aromatic N) is 1. The Kier molecular flexibility index (Phi) is 3.99. The van der Waals surface area contributed by atoms with E-state index in [2.05, 4.69) is 55.4 Å². The fraction of sp³-hybridized carbons (Fsp3) is 0.545. The van der Waals surface area contributed by atoms with Crippen LogP contribution in [0.5, 0.6) is 0 Å². The van der Waals surface area contributed by atoms with Gasteiger partial charge in [-0.25, -0.2) is 0 Å². The summed E-state index contributed by atoms with van der Waals surface area (Å²) in [7, 11) is 0. The molecule has 3 heteroatoms. The number of thiocarbonyl (C=S) groups is 1. The first-order valence-electron chi connectivity index (χ1n) is 4.77. The number of thiophene rings is 1. The third kappa shape index (κ3) is 2.30. The Morgan fingerprint density at radius 3 is 2.36 bits per heavy atom. The normalized spacial score (nSPS) is 10.7. The van der Waals surface area contributed by atoms with Crippen molar-refractivity contribution in [2.75, 3.05) is 0 Å². The second kappa shape index (κ2) is 4.83. The average Bonchev–Trinajstić information content (AvgIpc) is 2.48. The van der Waals surface area contributed by atoms with Crippen LogP contribution in [0.25, 0.3) is 0 Å². The van der Waals surface area contributed by atoms with E-state index in [1.807, 2.05) is 0 Å². The Labute approximate surface area is 94.9 Å². The van der Waals surface area contributed by atoms with Gasteiger partial charge in [0.2, 0.25) is 0 Å². The van der Waals surface area contributed by atoms with Crippen LogP contribution in [-0.4, -0.2) is 5.16 Å². The van der Waals surface area contributed by atoms with Crippen molar-refractivity contribution in [3.8, 4) is 0 Å². The van der Waals surface area contributed by atoms with Crippen molar-refractivity contribution in [1.29, 1.82) is 0 Å². The molecule has 14 heavy (non-hydrogen) atoms. The van der Waals surface area contributed by atoms with Crippen molar-refractivity contribution in [2.24, 2.45) is 4.99 Å². The Balaban J connectivity index is 3.27. The van der Waals surface area contributed by atoms with E-state index in [1.54, 1.807) is 11.3 Å². The lowest BCUT2D eigenvalue weighted by Gasteiger charge is -2.06. The largest absolute Gasteiger partial charge is 0.193 e. The summed E-state index contributed by atoms with van der Waals surface area (Å²) in [6.07, 6.45) is 0. The predicted octanol–water partition coefficient (Wildman–Crippen LogP) is 4.73. The van der Waals surface area contributed by atoms with Gasteiger partial charge in [0, 0.05) is 4.88 Å². The fourth-order valence-corrected chi connectivity index (χ4v) is 2.64. The minimum absolute atomic E-state index is 0.501. The van der Waals surface area contributed by atoms with Crippen LogP contribution in [0, 0.1) is 0 Å². The zero-order valence-corrected chi connectivity index (χ0v) is 10.6. The highest BCUT2D eigenvalue weighted by Gasteiger charge is 2.15. The molecule has 0 unspecified atom stereocenters. The molecule has 0 bridgehead atoms. The minimum atomic E-state index is 0.501.